The van der Waals surface area contributed by atoms with Crippen molar-refractivity contribution >= 4 is 34.0 Å². The van der Waals surface area contributed by atoms with E-state index in [4.69, 9.17) is 0 Å². The Hall–Kier alpha value is -3.23. The number of hydrogen-bond acceptors (Lipinski definition) is 6. The number of nitrogens with zero attached hydrogens (tertiary/aromatic N) is 4. The Kier molecular flexibility index (Phi) is 6.58. The molecule has 1 N–H and O–H groups in total. The van der Waals surface area contributed by atoms with Crippen molar-refractivity contribution < 1.29 is 9.59 Å². The van der Waals surface area contributed by atoms with Gasteiger partial charge in [-0.1, -0.05) is 24.3 Å². The number of amides is 2. The summed E-state index contributed by atoms with van der Waals surface area (Å²) in [5.74, 6) is -0.338. The zero-order valence-electron chi connectivity index (χ0n) is 20.4. The SMILES string of the molecule is CC(C)N1CCN(c2ccc(-c3ccc4c(c3)C(=O)N(C(C)C(=O)Nc3nccs3)C4)cc2)CC1. The molecule has 2 amide bonds. The molecule has 0 saturated carbocycles. The lowest BCUT2D eigenvalue weighted by Gasteiger charge is -2.38. The third kappa shape index (κ3) is 4.81. The van der Waals surface area contributed by atoms with E-state index >= 15 is 0 Å². The lowest BCUT2D eigenvalue weighted by molar-refractivity contribution is -0.120. The molecule has 1 unspecified atom stereocenters. The van der Waals surface area contributed by atoms with Crippen LogP contribution in [-0.2, 0) is 11.3 Å². The lowest BCUT2D eigenvalue weighted by Crippen LogP contribution is -2.48. The van der Waals surface area contributed by atoms with Crippen molar-refractivity contribution in [2.75, 3.05) is 36.4 Å². The van der Waals surface area contributed by atoms with E-state index in [1.165, 1.54) is 17.0 Å². The van der Waals surface area contributed by atoms with Crippen molar-refractivity contribution in [3.63, 3.8) is 0 Å². The molecule has 182 valence electrons. The molecule has 7 nitrogen and oxygen atoms in total. The zero-order chi connectivity index (χ0) is 24.5. The first-order chi connectivity index (χ1) is 16.9. The number of hydrogen-bond donors (Lipinski definition) is 1. The summed E-state index contributed by atoms with van der Waals surface area (Å²) in [5, 5.41) is 5.14. The summed E-state index contributed by atoms with van der Waals surface area (Å²) in [6.45, 7) is 10.9. The number of nitrogens with one attached hydrogen (secondary N) is 1. The molecule has 0 radical (unpaired) electrons. The molecule has 1 fully saturated rings. The Morgan fingerprint density at radius 2 is 1.71 bits per heavy atom. The Morgan fingerprint density at radius 3 is 2.37 bits per heavy atom. The molecule has 3 heterocycles. The van der Waals surface area contributed by atoms with Crippen LogP contribution in [-0.4, -0.2) is 64.9 Å². The number of piperazine rings is 1. The highest BCUT2D eigenvalue weighted by atomic mass is 32.1. The van der Waals surface area contributed by atoms with Crippen LogP contribution in [0.1, 0.15) is 36.7 Å². The highest BCUT2D eigenvalue weighted by Gasteiger charge is 2.34. The normalized spacial score (nSPS) is 17.1. The van der Waals surface area contributed by atoms with Crippen molar-refractivity contribution in [3.8, 4) is 11.1 Å². The summed E-state index contributed by atoms with van der Waals surface area (Å²) in [7, 11) is 0. The van der Waals surface area contributed by atoms with Crippen molar-refractivity contribution in [3.05, 3.63) is 65.2 Å². The fourth-order valence-electron chi connectivity index (χ4n) is 4.81. The first-order valence-corrected chi connectivity index (χ1v) is 13.0. The van der Waals surface area contributed by atoms with Gasteiger partial charge in [0.25, 0.3) is 5.91 Å². The van der Waals surface area contributed by atoms with Gasteiger partial charge in [-0.2, -0.15) is 0 Å². The molecule has 5 rings (SSSR count). The van der Waals surface area contributed by atoms with Gasteiger partial charge < -0.3 is 15.1 Å². The molecule has 0 aliphatic carbocycles. The molecule has 35 heavy (non-hydrogen) atoms. The zero-order valence-corrected chi connectivity index (χ0v) is 21.2. The molecule has 3 aromatic rings. The number of carbonyl (C=O) groups is 2. The van der Waals surface area contributed by atoms with E-state index in [0.717, 1.165) is 42.9 Å². The van der Waals surface area contributed by atoms with Crippen LogP contribution in [0.5, 0.6) is 0 Å². The van der Waals surface area contributed by atoms with Gasteiger partial charge in [0, 0.05) is 61.6 Å². The molecule has 1 atom stereocenters. The average molecular weight is 490 g/mol. The molecular weight excluding hydrogens is 458 g/mol. The maximum atomic E-state index is 13.2. The Bertz CT molecular complexity index is 1200. The molecule has 0 bridgehead atoms. The molecule has 8 heteroatoms. The highest BCUT2D eigenvalue weighted by molar-refractivity contribution is 7.13. The molecular formula is C27H31N5O2S. The first kappa shape index (κ1) is 23.5. The summed E-state index contributed by atoms with van der Waals surface area (Å²) in [6, 6.07) is 14.6. The Morgan fingerprint density at radius 1 is 1.00 bits per heavy atom. The van der Waals surface area contributed by atoms with Gasteiger partial charge in [-0.15, -0.1) is 11.3 Å². The summed E-state index contributed by atoms with van der Waals surface area (Å²) in [6.07, 6.45) is 1.64. The van der Waals surface area contributed by atoms with Crippen LogP contribution in [0.3, 0.4) is 0 Å². The fourth-order valence-corrected chi connectivity index (χ4v) is 5.35. The minimum absolute atomic E-state index is 0.108. The van der Waals surface area contributed by atoms with E-state index in [9.17, 15) is 9.59 Å². The molecule has 0 spiro atoms. The number of aromatic nitrogens is 1. The van der Waals surface area contributed by atoms with Gasteiger partial charge in [-0.3, -0.25) is 14.5 Å². The van der Waals surface area contributed by atoms with Crippen LogP contribution < -0.4 is 10.2 Å². The van der Waals surface area contributed by atoms with Gasteiger partial charge in [0.05, 0.1) is 0 Å². The highest BCUT2D eigenvalue weighted by Crippen LogP contribution is 2.31. The average Bonchev–Trinajstić information content (AvgIpc) is 3.51. The van der Waals surface area contributed by atoms with E-state index in [2.05, 4.69) is 64.3 Å². The third-order valence-corrected chi connectivity index (χ3v) is 7.75. The van der Waals surface area contributed by atoms with Crippen LogP contribution >= 0.6 is 11.3 Å². The summed E-state index contributed by atoms with van der Waals surface area (Å²) in [5.41, 5.74) is 4.95. The number of fused-ring (bicyclic) bond motifs is 1. The molecule has 2 aromatic carbocycles. The van der Waals surface area contributed by atoms with E-state index in [1.807, 2.05) is 12.1 Å². The number of carbonyl (C=O) groups excluding carboxylic acids is 2. The topological polar surface area (TPSA) is 68.8 Å². The molecule has 1 aromatic heterocycles. The van der Waals surface area contributed by atoms with Crippen LogP contribution in [0, 0.1) is 0 Å². The maximum Gasteiger partial charge on any atom is 0.255 e. The maximum absolute atomic E-state index is 13.2. The predicted molar refractivity (Wildman–Crippen MR) is 141 cm³/mol. The second-order valence-electron chi connectivity index (χ2n) is 9.47. The minimum atomic E-state index is -0.585. The summed E-state index contributed by atoms with van der Waals surface area (Å²) < 4.78 is 0. The van der Waals surface area contributed by atoms with E-state index < -0.39 is 6.04 Å². The second-order valence-corrected chi connectivity index (χ2v) is 10.4. The number of thiazole rings is 1. The third-order valence-electron chi connectivity index (χ3n) is 7.06. The molecule has 1 saturated heterocycles. The van der Waals surface area contributed by atoms with Gasteiger partial charge in [-0.05, 0) is 55.7 Å². The van der Waals surface area contributed by atoms with Crippen molar-refractivity contribution in [1.29, 1.82) is 0 Å². The van der Waals surface area contributed by atoms with Crippen molar-refractivity contribution in [2.24, 2.45) is 0 Å². The smallest absolute Gasteiger partial charge is 0.255 e. The molecule has 2 aliphatic heterocycles. The van der Waals surface area contributed by atoms with Gasteiger partial charge in [0.2, 0.25) is 5.91 Å². The number of rotatable bonds is 6. The monoisotopic (exact) mass is 489 g/mol. The van der Waals surface area contributed by atoms with Crippen LogP contribution in [0.25, 0.3) is 11.1 Å². The van der Waals surface area contributed by atoms with E-state index in [1.54, 1.807) is 23.4 Å². The van der Waals surface area contributed by atoms with Gasteiger partial charge >= 0.3 is 0 Å². The van der Waals surface area contributed by atoms with Crippen molar-refractivity contribution in [1.82, 2.24) is 14.8 Å². The quantitative estimate of drug-likeness (QED) is 0.558. The minimum Gasteiger partial charge on any atom is -0.369 e. The number of benzene rings is 2. The predicted octanol–water partition coefficient (Wildman–Crippen LogP) is 4.32. The van der Waals surface area contributed by atoms with Gasteiger partial charge in [0.1, 0.15) is 6.04 Å². The number of anilines is 2. The Balaban J connectivity index is 1.27. The second kappa shape index (κ2) is 9.79. The van der Waals surface area contributed by atoms with E-state index in [0.29, 0.717) is 23.3 Å². The first-order valence-electron chi connectivity index (χ1n) is 12.1. The van der Waals surface area contributed by atoms with Gasteiger partial charge in [0.15, 0.2) is 5.13 Å². The largest absolute Gasteiger partial charge is 0.369 e. The van der Waals surface area contributed by atoms with Gasteiger partial charge in [-0.25, -0.2) is 4.98 Å². The molecule has 2 aliphatic rings. The Labute approximate surface area is 210 Å². The summed E-state index contributed by atoms with van der Waals surface area (Å²) in [4.78, 5) is 36.5. The van der Waals surface area contributed by atoms with Crippen LogP contribution in [0.2, 0.25) is 0 Å². The van der Waals surface area contributed by atoms with Crippen LogP contribution in [0.15, 0.2) is 54.0 Å². The lowest BCUT2D eigenvalue weighted by atomic mass is 10.00. The van der Waals surface area contributed by atoms with Crippen molar-refractivity contribution in [2.45, 2.75) is 39.4 Å². The van der Waals surface area contributed by atoms with E-state index in [-0.39, 0.29) is 11.8 Å². The summed E-state index contributed by atoms with van der Waals surface area (Å²) >= 11 is 1.36. The van der Waals surface area contributed by atoms with Crippen LogP contribution in [0.4, 0.5) is 10.8 Å². The fraction of sp³-hybridized carbons (Fsp3) is 0.370. The standard InChI is InChI=1S/C27H31N5O2S/c1-18(2)30-11-13-31(14-12-30)23-8-6-20(7-9-23)21-4-5-22-17-32(26(34)24(22)16-21)19(3)25(33)29-27-28-10-15-35-27/h4-10,15-16,18-19H,11-14,17H2,1-3H3,(H,28,29,33).